The number of amides is 2. The van der Waals surface area contributed by atoms with Crippen LogP contribution in [0, 0.1) is 5.82 Å². The molecule has 0 saturated carbocycles. The van der Waals surface area contributed by atoms with Crippen molar-refractivity contribution in [2.45, 2.75) is 19.4 Å². The van der Waals surface area contributed by atoms with E-state index in [1.165, 1.54) is 19.2 Å². The average molecular weight is 406 g/mol. The van der Waals surface area contributed by atoms with Crippen LogP contribution in [0.25, 0.3) is 0 Å². The van der Waals surface area contributed by atoms with Gasteiger partial charge in [0.1, 0.15) is 0 Å². The van der Waals surface area contributed by atoms with Gasteiger partial charge in [-0.15, -0.1) is 0 Å². The topological polar surface area (TPSA) is 67.4 Å². The molecule has 0 fully saturated rings. The molecule has 0 aliphatic carbocycles. The van der Waals surface area contributed by atoms with Gasteiger partial charge in [0.05, 0.1) is 30.8 Å². The van der Waals surface area contributed by atoms with Crippen LogP contribution in [0.3, 0.4) is 0 Å². The highest BCUT2D eigenvalue weighted by Gasteiger charge is 2.16. The lowest BCUT2D eigenvalue weighted by Gasteiger charge is -2.16. The largest absolute Gasteiger partial charge is 0.494 e. The smallest absolute Gasteiger partial charge is 0.253 e. The van der Waals surface area contributed by atoms with Crippen LogP contribution in [-0.2, 0) is 11.2 Å². The van der Waals surface area contributed by atoms with E-state index in [1.807, 2.05) is 37.3 Å². The number of methoxy groups -OCH3 is 1. The molecule has 6 heteroatoms. The Morgan fingerprint density at radius 1 is 1.00 bits per heavy atom. The van der Waals surface area contributed by atoms with Gasteiger partial charge in [-0.3, -0.25) is 9.59 Å². The van der Waals surface area contributed by atoms with Crippen LogP contribution in [0.5, 0.6) is 5.75 Å². The number of nitrogens with one attached hydrogen (secondary N) is 2. The number of para-hydroxylation sites is 1. The normalized spacial score (nSPS) is 11.4. The van der Waals surface area contributed by atoms with Gasteiger partial charge in [-0.25, -0.2) is 4.39 Å². The number of hydrogen-bond acceptors (Lipinski definition) is 3. The first-order valence-electron chi connectivity index (χ1n) is 9.55. The minimum atomic E-state index is -0.530. The molecule has 0 unspecified atom stereocenters. The van der Waals surface area contributed by atoms with E-state index < -0.39 is 5.82 Å². The molecule has 3 aromatic carbocycles. The van der Waals surface area contributed by atoms with Gasteiger partial charge in [-0.1, -0.05) is 48.5 Å². The van der Waals surface area contributed by atoms with Crippen molar-refractivity contribution in [3.63, 3.8) is 0 Å². The van der Waals surface area contributed by atoms with E-state index >= 15 is 0 Å². The zero-order chi connectivity index (χ0) is 21.5. The van der Waals surface area contributed by atoms with Crippen molar-refractivity contribution >= 4 is 17.5 Å². The summed E-state index contributed by atoms with van der Waals surface area (Å²) in [6.45, 7) is 1.90. The van der Waals surface area contributed by atoms with Crippen LogP contribution >= 0.6 is 0 Å². The van der Waals surface area contributed by atoms with Gasteiger partial charge < -0.3 is 15.4 Å². The molecule has 0 radical (unpaired) electrons. The van der Waals surface area contributed by atoms with E-state index in [0.29, 0.717) is 16.8 Å². The second-order valence-electron chi connectivity index (χ2n) is 6.85. The van der Waals surface area contributed by atoms with E-state index in [2.05, 4.69) is 10.6 Å². The van der Waals surface area contributed by atoms with Gasteiger partial charge in [0.25, 0.3) is 5.91 Å². The standard InChI is InChI=1S/C24H23FN2O3/c1-16(18-8-4-3-5-9-18)26-24(29)19-10-6-7-11-21(19)27-23(28)15-17-12-13-22(30-2)20(25)14-17/h3-14,16H,15H2,1-2H3,(H,26,29)(H,27,28)/t16-/m0/s1. The quantitative estimate of drug-likeness (QED) is 0.607. The third kappa shape index (κ3) is 5.23. The molecule has 3 rings (SSSR count). The summed E-state index contributed by atoms with van der Waals surface area (Å²) >= 11 is 0. The van der Waals surface area contributed by atoms with Crippen molar-refractivity contribution in [1.29, 1.82) is 0 Å². The molecule has 0 heterocycles. The van der Waals surface area contributed by atoms with Gasteiger partial charge in [-0.2, -0.15) is 0 Å². The first-order valence-corrected chi connectivity index (χ1v) is 9.55. The molecule has 2 N–H and O–H groups in total. The molecule has 0 spiro atoms. The van der Waals surface area contributed by atoms with Crippen molar-refractivity contribution in [1.82, 2.24) is 5.32 Å². The first kappa shape index (κ1) is 21.0. The molecule has 5 nitrogen and oxygen atoms in total. The highest BCUT2D eigenvalue weighted by atomic mass is 19.1. The van der Waals surface area contributed by atoms with Crippen molar-refractivity contribution in [3.8, 4) is 5.75 Å². The Kier molecular flexibility index (Phi) is 6.80. The van der Waals surface area contributed by atoms with Gasteiger partial charge >= 0.3 is 0 Å². The maximum Gasteiger partial charge on any atom is 0.253 e. The van der Waals surface area contributed by atoms with Gasteiger partial charge in [-0.05, 0) is 42.3 Å². The highest BCUT2D eigenvalue weighted by Crippen LogP contribution is 2.20. The van der Waals surface area contributed by atoms with E-state index in [9.17, 15) is 14.0 Å². The average Bonchev–Trinajstić information content (AvgIpc) is 2.74. The fourth-order valence-electron chi connectivity index (χ4n) is 3.09. The van der Waals surface area contributed by atoms with Gasteiger partial charge in [0.15, 0.2) is 11.6 Å². The number of anilines is 1. The number of benzene rings is 3. The highest BCUT2D eigenvalue weighted by molar-refractivity contribution is 6.04. The zero-order valence-corrected chi connectivity index (χ0v) is 16.8. The Morgan fingerprint density at radius 3 is 2.40 bits per heavy atom. The summed E-state index contributed by atoms with van der Waals surface area (Å²) < 4.78 is 18.7. The summed E-state index contributed by atoms with van der Waals surface area (Å²) in [6, 6.07) is 20.6. The summed E-state index contributed by atoms with van der Waals surface area (Å²) in [4.78, 5) is 25.2. The third-order valence-electron chi connectivity index (χ3n) is 4.67. The Hall–Kier alpha value is -3.67. The number of ether oxygens (including phenoxy) is 1. The van der Waals surface area contributed by atoms with Gasteiger partial charge in [0.2, 0.25) is 5.91 Å². The summed E-state index contributed by atoms with van der Waals surface area (Å²) in [5.74, 6) is -1.06. The number of hydrogen-bond donors (Lipinski definition) is 2. The summed E-state index contributed by atoms with van der Waals surface area (Å²) in [7, 11) is 1.38. The minimum absolute atomic E-state index is 0.0305. The molecule has 0 bridgehead atoms. The van der Waals surface area contributed by atoms with Crippen LogP contribution < -0.4 is 15.4 Å². The molecule has 2 amide bonds. The number of carbonyl (C=O) groups is 2. The zero-order valence-electron chi connectivity index (χ0n) is 16.8. The van der Waals surface area contributed by atoms with E-state index in [0.717, 1.165) is 5.56 Å². The SMILES string of the molecule is COc1ccc(CC(=O)Nc2ccccc2C(=O)N[C@@H](C)c2ccccc2)cc1F. The predicted octanol–water partition coefficient (Wildman–Crippen LogP) is 4.51. The lowest BCUT2D eigenvalue weighted by molar-refractivity contribution is -0.115. The first-order chi connectivity index (χ1) is 14.5. The maximum atomic E-state index is 13.8. The van der Waals surface area contributed by atoms with Crippen molar-refractivity contribution in [2.24, 2.45) is 0 Å². The molecule has 0 saturated heterocycles. The Balaban J connectivity index is 1.69. The van der Waals surface area contributed by atoms with Gasteiger partial charge in [0, 0.05) is 0 Å². The predicted molar refractivity (Wildman–Crippen MR) is 114 cm³/mol. The summed E-state index contributed by atoms with van der Waals surface area (Å²) in [6.07, 6.45) is -0.0305. The fourth-order valence-corrected chi connectivity index (χ4v) is 3.09. The number of carbonyl (C=O) groups excluding carboxylic acids is 2. The molecule has 30 heavy (non-hydrogen) atoms. The van der Waals surface area contributed by atoms with Crippen molar-refractivity contribution in [3.05, 3.63) is 95.3 Å². The monoisotopic (exact) mass is 406 g/mol. The van der Waals surface area contributed by atoms with Crippen LogP contribution in [0.1, 0.15) is 34.5 Å². The van der Waals surface area contributed by atoms with E-state index in [-0.39, 0.29) is 30.0 Å². The van der Waals surface area contributed by atoms with Crippen LogP contribution in [0.2, 0.25) is 0 Å². The minimum Gasteiger partial charge on any atom is -0.494 e. The summed E-state index contributed by atoms with van der Waals surface area (Å²) in [5, 5.41) is 5.69. The van der Waals surface area contributed by atoms with Crippen LogP contribution in [-0.4, -0.2) is 18.9 Å². The van der Waals surface area contributed by atoms with E-state index in [4.69, 9.17) is 4.74 Å². The molecule has 1 atom stereocenters. The third-order valence-corrected chi connectivity index (χ3v) is 4.67. The lowest BCUT2D eigenvalue weighted by Crippen LogP contribution is -2.28. The second-order valence-corrected chi connectivity index (χ2v) is 6.85. The number of halogens is 1. The van der Waals surface area contributed by atoms with Crippen LogP contribution in [0.4, 0.5) is 10.1 Å². The molecule has 154 valence electrons. The maximum absolute atomic E-state index is 13.8. The molecule has 0 aliphatic heterocycles. The molecular formula is C24H23FN2O3. The lowest BCUT2D eigenvalue weighted by atomic mass is 10.1. The van der Waals surface area contributed by atoms with Crippen molar-refractivity contribution < 1.29 is 18.7 Å². The second kappa shape index (κ2) is 9.69. The van der Waals surface area contributed by atoms with E-state index in [1.54, 1.807) is 30.3 Å². The molecule has 0 aliphatic rings. The molecule has 0 aromatic heterocycles. The molecule has 3 aromatic rings. The van der Waals surface area contributed by atoms with Crippen LogP contribution in [0.15, 0.2) is 72.8 Å². The Bertz CT molecular complexity index is 1040. The Morgan fingerprint density at radius 2 is 1.70 bits per heavy atom. The van der Waals surface area contributed by atoms with Crippen molar-refractivity contribution in [2.75, 3.05) is 12.4 Å². The molecular weight excluding hydrogens is 383 g/mol. The number of rotatable bonds is 7. The Labute approximate surface area is 174 Å². The fraction of sp³-hybridized carbons (Fsp3) is 0.167. The summed E-state index contributed by atoms with van der Waals surface area (Å²) in [5.41, 5.74) is 2.24.